The lowest BCUT2D eigenvalue weighted by atomic mass is 9.80. The Morgan fingerprint density at radius 1 is 1.43 bits per heavy atom. The molecule has 0 bridgehead atoms. The van der Waals surface area contributed by atoms with Crippen molar-refractivity contribution in [3.63, 3.8) is 0 Å². The van der Waals surface area contributed by atoms with E-state index in [1.165, 1.54) is 0 Å². The molecule has 0 saturated heterocycles. The number of carboxylic acid groups (broad SMARTS) is 1. The normalized spacial score (nSPS) is 27.0. The highest BCUT2D eigenvalue weighted by molar-refractivity contribution is 6.04. The first-order valence-electron chi connectivity index (χ1n) is 7.46. The highest BCUT2D eigenvalue weighted by Crippen LogP contribution is 2.48. The molecule has 5 nitrogen and oxygen atoms in total. The van der Waals surface area contributed by atoms with E-state index < -0.39 is 5.97 Å². The summed E-state index contributed by atoms with van der Waals surface area (Å²) < 4.78 is 7.42. The van der Waals surface area contributed by atoms with Crippen molar-refractivity contribution in [2.75, 3.05) is 0 Å². The Morgan fingerprint density at radius 3 is 3.00 bits per heavy atom. The van der Waals surface area contributed by atoms with Crippen LogP contribution >= 0.6 is 0 Å². The minimum absolute atomic E-state index is 0.189. The van der Waals surface area contributed by atoms with E-state index >= 15 is 0 Å². The first-order chi connectivity index (χ1) is 10.1. The lowest BCUT2D eigenvalue weighted by Crippen LogP contribution is -2.23. The van der Waals surface area contributed by atoms with Gasteiger partial charge in [0, 0.05) is 34.9 Å². The summed E-state index contributed by atoms with van der Waals surface area (Å²) in [4.78, 5) is 23.4. The number of carbonyl (C=O) groups excluding carboxylic acids is 1. The number of nitrogens with zero attached hydrogens (tertiary/aromatic N) is 1. The van der Waals surface area contributed by atoms with Crippen molar-refractivity contribution >= 4 is 17.5 Å². The number of carboxylic acids is 1. The molecule has 21 heavy (non-hydrogen) atoms. The van der Waals surface area contributed by atoms with Crippen molar-refractivity contribution in [1.82, 2.24) is 4.57 Å². The number of aromatic nitrogens is 1. The number of rotatable bonds is 1. The molecule has 1 N–H and O–H groups in total. The topological polar surface area (TPSA) is 68.5 Å². The van der Waals surface area contributed by atoms with Gasteiger partial charge >= 0.3 is 11.9 Å². The summed E-state index contributed by atoms with van der Waals surface area (Å²) in [6.45, 7) is 2.53. The third-order valence-corrected chi connectivity index (χ3v) is 5.00. The fraction of sp³-hybridized carbons (Fsp3) is 0.500. The zero-order chi connectivity index (χ0) is 14.7. The average molecular weight is 287 g/mol. The van der Waals surface area contributed by atoms with Gasteiger partial charge in [0.15, 0.2) is 0 Å². The molecule has 1 aromatic rings. The smallest absolute Gasteiger partial charge is 0.352 e. The minimum atomic E-state index is -0.898. The molecule has 0 saturated carbocycles. The van der Waals surface area contributed by atoms with Gasteiger partial charge in [-0.05, 0) is 32.3 Å². The van der Waals surface area contributed by atoms with E-state index in [4.69, 9.17) is 4.74 Å². The molecule has 4 rings (SSSR count). The maximum absolute atomic E-state index is 11.9. The molecule has 1 aromatic heterocycles. The van der Waals surface area contributed by atoms with Crippen LogP contribution < -0.4 is 0 Å². The molecule has 0 radical (unpaired) electrons. The van der Waals surface area contributed by atoms with Crippen molar-refractivity contribution in [2.24, 2.45) is 0 Å². The number of ether oxygens (including phenoxy) is 1. The van der Waals surface area contributed by atoms with Crippen LogP contribution in [0.1, 0.15) is 60.3 Å². The fourth-order valence-electron chi connectivity index (χ4n) is 4.09. The molecule has 110 valence electrons. The van der Waals surface area contributed by atoms with E-state index in [1.807, 2.05) is 4.57 Å². The first-order valence-corrected chi connectivity index (χ1v) is 7.46. The molecule has 2 aliphatic heterocycles. The summed E-state index contributed by atoms with van der Waals surface area (Å²) in [6, 6.07) is 1.74. The van der Waals surface area contributed by atoms with Crippen LogP contribution in [-0.4, -0.2) is 27.7 Å². The number of aromatic carboxylic acids is 1. The van der Waals surface area contributed by atoms with E-state index in [-0.39, 0.29) is 12.1 Å². The number of fused-ring (bicyclic) bond motifs is 2. The Kier molecular flexibility index (Phi) is 2.55. The zero-order valence-corrected chi connectivity index (χ0v) is 11.9. The lowest BCUT2D eigenvalue weighted by Gasteiger charge is -2.28. The van der Waals surface area contributed by atoms with Crippen LogP contribution in [-0.2, 0) is 16.1 Å². The van der Waals surface area contributed by atoms with Gasteiger partial charge in [-0.2, -0.15) is 0 Å². The molecule has 0 fully saturated rings. The molecule has 1 aliphatic carbocycles. The van der Waals surface area contributed by atoms with Crippen LogP contribution in [0, 0.1) is 0 Å². The van der Waals surface area contributed by atoms with E-state index in [1.54, 1.807) is 13.0 Å². The van der Waals surface area contributed by atoms with E-state index in [0.29, 0.717) is 17.2 Å². The third-order valence-electron chi connectivity index (χ3n) is 5.00. The average Bonchev–Trinajstić information content (AvgIpc) is 2.85. The summed E-state index contributed by atoms with van der Waals surface area (Å²) in [5.74, 6) is -0.864. The van der Waals surface area contributed by atoms with Crippen LogP contribution in [0.2, 0.25) is 0 Å². The number of hydrogen-bond acceptors (Lipinski definition) is 3. The van der Waals surface area contributed by atoms with Gasteiger partial charge in [0.25, 0.3) is 0 Å². The van der Waals surface area contributed by atoms with Gasteiger partial charge in [-0.25, -0.2) is 9.59 Å². The van der Waals surface area contributed by atoms with Gasteiger partial charge in [0.05, 0.1) is 0 Å². The van der Waals surface area contributed by atoms with E-state index in [0.717, 1.165) is 49.1 Å². The van der Waals surface area contributed by atoms with Crippen molar-refractivity contribution in [2.45, 2.75) is 51.2 Å². The van der Waals surface area contributed by atoms with Crippen LogP contribution in [0.3, 0.4) is 0 Å². The molecule has 0 spiro atoms. The molecule has 3 heterocycles. The van der Waals surface area contributed by atoms with Crippen LogP contribution in [0.4, 0.5) is 0 Å². The maximum Gasteiger partial charge on any atom is 0.352 e. The predicted molar refractivity (Wildman–Crippen MR) is 75.1 cm³/mol. The first kappa shape index (κ1) is 12.7. The van der Waals surface area contributed by atoms with Crippen molar-refractivity contribution in [1.29, 1.82) is 0 Å². The Bertz CT molecular complexity index is 697. The summed E-state index contributed by atoms with van der Waals surface area (Å²) in [7, 11) is 0. The summed E-state index contributed by atoms with van der Waals surface area (Å²) >= 11 is 0. The van der Waals surface area contributed by atoms with Crippen molar-refractivity contribution in [3.05, 3.63) is 28.6 Å². The van der Waals surface area contributed by atoms with Crippen LogP contribution in [0.5, 0.6) is 0 Å². The van der Waals surface area contributed by atoms with Gasteiger partial charge in [0.1, 0.15) is 11.8 Å². The molecular formula is C16H17NO4. The van der Waals surface area contributed by atoms with Gasteiger partial charge in [-0.15, -0.1) is 0 Å². The molecule has 0 amide bonds. The monoisotopic (exact) mass is 287 g/mol. The Balaban J connectivity index is 1.99. The Hall–Kier alpha value is -2.04. The van der Waals surface area contributed by atoms with E-state index in [2.05, 4.69) is 0 Å². The predicted octanol–water partition coefficient (Wildman–Crippen LogP) is 2.56. The van der Waals surface area contributed by atoms with Crippen LogP contribution in [0.25, 0.3) is 5.57 Å². The Morgan fingerprint density at radius 2 is 2.24 bits per heavy atom. The minimum Gasteiger partial charge on any atom is -0.477 e. The zero-order valence-electron chi connectivity index (χ0n) is 11.9. The largest absolute Gasteiger partial charge is 0.477 e. The number of carbonyl (C=O) groups is 2. The quantitative estimate of drug-likeness (QED) is 0.806. The second-order valence-corrected chi connectivity index (χ2v) is 6.15. The fourth-order valence-corrected chi connectivity index (χ4v) is 4.09. The third kappa shape index (κ3) is 1.63. The van der Waals surface area contributed by atoms with Gasteiger partial charge < -0.3 is 14.4 Å². The van der Waals surface area contributed by atoms with Gasteiger partial charge in [0.2, 0.25) is 0 Å². The van der Waals surface area contributed by atoms with Crippen molar-refractivity contribution < 1.29 is 19.4 Å². The molecular weight excluding hydrogens is 270 g/mol. The number of hydrogen-bond donors (Lipinski definition) is 1. The second kappa shape index (κ2) is 4.23. The summed E-state index contributed by atoms with van der Waals surface area (Å²) in [6.07, 6.45) is 3.72. The lowest BCUT2D eigenvalue weighted by molar-refractivity contribution is -0.139. The standard InChI is InChI=1S/C16H17NO4/c1-8-13-10-7-11(15(18)19)17-5-3-2-4-9(14(10)17)6-12(13)21-16(8)20/h7,9,12H,2-6H2,1H3,(H,18,19)/t9-,12+/m1/s1. The van der Waals surface area contributed by atoms with Gasteiger partial charge in [-0.3, -0.25) is 0 Å². The molecule has 2 atom stereocenters. The summed E-state index contributed by atoms with van der Waals surface area (Å²) in [5, 5.41) is 9.47. The highest BCUT2D eigenvalue weighted by Gasteiger charge is 2.43. The molecule has 3 aliphatic rings. The van der Waals surface area contributed by atoms with Crippen LogP contribution in [0.15, 0.2) is 11.6 Å². The molecule has 0 aromatic carbocycles. The number of esters is 1. The molecule has 0 unspecified atom stereocenters. The SMILES string of the molecule is CC1=C2c3cc(C(=O)O)n4c3[C@H](CCCC4)C[C@@H]2OC1=O. The van der Waals surface area contributed by atoms with Gasteiger partial charge in [-0.1, -0.05) is 6.42 Å². The second-order valence-electron chi connectivity index (χ2n) is 6.15. The summed E-state index contributed by atoms with van der Waals surface area (Å²) in [5.41, 5.74) is 3.92. The van der Waals surface area contributed by atoms with E-state index in [9.17, 15) is 14.7 Å². The Labute approximate surface area is 122 Å². The highest BCUT2D eigenvalue weighted by atomic mass is 16.5. The van der Waals surface area contributed by atoms with Crippen molar-refractivity contribution in [3.8, 4) is 0 Å². The maximum atomic E-state index is 11.9. The molecule has 5 heteroatoms.